The van der Waals surface area contributed by atoms with Crippen LogP contribution in [0, 0.1) is 0 Å². The van der Waals surface area contributed by atoms with Gasteiger partial charge in [-0.15, -0.1) is 0 Å². The summed E-state index contributed by atoms with van der Waals surface area (Å²) in [5, 5.41) is 3.30. The van der Waals surface area contributed by atoms with Crippen LogP contribution in [0.2, 0.25) is 0 Å². The SMILES string of the molecule is COCCNCCCc1ncc(C2CCCO2)o1. The predicted molar refractivity (Wildman–Crippen MR) is 67.5 cm³/mol. The van der Waals surface area contributed by atoms with E-state index in [4.69, 9.17) is 13.9 Å². The molecule has 1 unspecified atom stereocenters. The minimum atomic E-state index is 0.131. The van der Waals surface area contributed by atoms with Gasteiger partial charge >= 0.3 is 0 Å². The fourth-order valence-electron chi connectivity index (χ4n) is 2.05. The first-order valence-corrected chi connectivity index (χ1v) is 6.66. The average molecular weight is 254 g/mol. The maximum Gasteiger partial charge on any atom is 0.194 e. The van der Waals surface area contributed by atoms with Gasteiger partial charge in [0, 0.05) is 26.7 Å². The van der Waals surface area contributed by atoms with Gasteiger partial charge in [-0.25, -0.2) is 4.98 Å². The molecule has 1 aliphatic rings. The summed E-state index contributed by atoms with van der Waals surface area (Å²) >= 11 is 0. The van der Waals surface area contributed by atoms with E-state index in [2.05, 4.69) is 10.3 Å². The summed E-state index contributed by atoms with van der Waals surface area (Å²) in [6.07, 6.45) is 5.99. The number of nitrogens with one attached hydrogen (secondary N) is 1. The summed E-state index contributed by atoms with van der Waals surface area (Å²) in [4.78, 5) is 4.30. The van der Waals surface area contributed by atoms with Crippen molar-refractivity contribution in [3.05, 3.63) is 17.8 Å². The molecule has 5 heteroatoms. The van der Waals surface area contributed by atoms with Crippen molar-refractivity contribution in [3.63, 3.8) is 0 Å². The third-order valence-corrected chi connectivity index (χ3v) is 3.05. The zero-order valence-corrected chi connectivity index (χ0v) is 11.0. The first-order chi connectivity index (χ1) is 8.90. The Morgan fingerprint density at radius 2 is 2.44 bits per heavy atom. The second-order valence-corrected chi connectivity index (χ2v) is 4.50. The van der Waals surface area contributed by atoms with Crippen LogP contribution in [0.3, 0.4) is 0 Å². The molecular formula is C13H22N2O3. The molecule has 5 nitrogen and oxygen atoms in total. The van der Waals surface area contributed by atoms with Gasteiger partial charge in [0.05, 0.1) is 12.8 Å². The Hall–Kier alpha value is -0.910. The zero-order chi connectivity index (χ0) is 12.6. The van der Waals surface area contributed by atoms with Gasteiger partial charge in [0.2, 0.25) is 0 Å². The number of nitrogens with zero attached hydrogens (tertiary/aromatic N) is 1. The summed E-state index contributed by atoms with van der Waals surface area (Å²) in [6, 6.07) is 0. The predicted octanol–water partition coefficient (Wildman–Crippen LogP) is 1.69. The molecule has 0 aromatic carbocycles. The number of aryl methyl sites for hydroxylation is 1. The highest BCUT2D eigenvalue weighted by Gasteiger charge is 2.21. The van der Waals surface area contributed by atoms with Gasteiger partial charge in [-0.3, -0.25) is 0 Å². The molecule has 1 aromatic heterocycles. The molecule has 0 bridgehead atoms. The number of methoxy groups -OCH3 is 1. The number of rotatable bonds is 8. The topological polar surface area (TPSA) is 56.5 Å². The average Bonchev–Trinajstić information content (AvgIpc) is 3.03. The van der Waals surface area contributed by atoms with Crippen molar-refractivity contribution in [1.29, 1.82) is 0 Å². The quantitative estimate of drug-likeness (QED) is 0.715. The molecule has 2 rings (SSSR count). The van der Waals surface area contributed by atoms with Gasteiger partial charge < -0.3 is 19.2 Å². The van der Waals surface area contributed by atoms with Crippen molar-refractivity contribution in [2.75, 3.05) is 33.4 Å². The number of aromatic nitrogens is 1. The van der Waals surface area contributed by atoms with Gasteiger partial charge in [-0.2, -0.15) is 0 Å². The molecular weight excluding hydrogens is 232 g/mol. The lowest BCUT2D eigenvalue weighted by atomic mass is 10.2. The van der Waals surface area contributed by atoms with Crippen molar-refractivity contribution in [3.8, 4) is 0 Å². The fraction of sp³-hybridized carbons (Fsp3) is 0.769. The van der Waals surface area contributed by atoms with Crippen LogP contribution in [-0.2, 0) is 15.9 Å². The number of hydrogen-bond donors (Lipinski definition) is 1. The molecule has 1 atom stereocenters. The number of ether oxygens (including phenoxy) is 2. The molecule has 1 aliphatic heterocycles. The molecule has 0 amide bonds. The van der Waals surface area contributed by atoms with Crippen molar-refractivity contribution >= 4 is 0 Å². The van der Waals surface area contributed by atoms with Crippen molar-refractivity contribution in [2.24, 2.45) is 0 Å². The van der Waals surface area contributed by atoms with E-state index < -0.39 is 0 Å². The van der Waals surface area contributed by atoms with Crippen LogP contribution >= 0.6 is 0 Å². The van der Waals surface area contributed by atoms with Crippen LogP contribution in [0.5, 0.6) is 0 Å². The minimum Gasteiger partial charge on any atom is -0.443 e. The lowest BCUT2D eigenvalue weighted by Crippen LogP contribution is -2.20. The number of oxazole rings is 1. The Morgan fingerprint density at radius 1 is 1.50 bits per heavy atom. The van der Waals surface area contributed by atoms with E-state index in [9.17, 15) is 0 Å². The number of hydrogen-bond acceptors (Lipinski definition) is 5. The van der Waals surface area contributed by atoms with Gasteiger partial charge in [-0.05, 0) is 25.8 Å². The monoisotopic (exact) mass is 254 g/mol. The molecule has 2 heterocycles. The lowest BCUT2D eigenvalue weighted by molar-refractivity contribution is 0.0924. The van der Waals surface area contributed by atoms with E-state index in [0.717, 1.165) is 63.6 Å². The van der Waals surface area contributed by atoms with Crippen LogP contribution in [0.4, 0.5) is 0 Å². The highest BCUT2D eigenvalue weighted by Crippen LogP contribution is 2.28. The molecule has 0 spiro atoms. The van der Waals surface area contributed by atoms with Crippen LogP contribution in [0.25, 0.3) is 0 Å². The Kier molecular flexibility index (Phi) is 5.64. The molecule has 18 heavy (non-hydrogen) atoms. The first kappa shape index (κ1) is 13.5. The smallest absolute Gasteiger partial charge is 0.194 e. The van der Waals surface area contributed by atoms with E-state index in [-0.39, 0.29) is 6.10 Å². The summed E-state index contributed by atoms with van der Waals surface area (Å²) < 4.78 is 16.2. The second-order valence-electron chi connectivity index (χ2n) is 4.50. The highest BCUT2D eigenvalue weighted by atomic mass is 16.5. The van der Waals surface area contributed by atoms with E-state index in [1.165, 1.54) is 0 Å². The van der Waals surface area contributed by atoms with Crippen molar-refractivity contribution in [2.45, 2.75) is 31.8 Å². The van der Waals surface area contributed by atoms with Gasteiger partial charge in [0.25, 0.3) is 0 Å². The molecule has 0 saturated carbocycles. The maximum absolute atomic E-state index is 5.71. The Balaban J connectivity index is 1.64. The normalized spacial score (nSPS) is 19.5. The summed E-state index contributed by atoms with van der Waals surface area (Å²) in [5.41, 5.74) is 0. The second kappa shape index (κ2) is 7.51. The van der Waals surface area contributed by atoms with Gasteiger partial charge in [0.15, 0.2) is 11.7 Å². The third-order valence-electron chi connectivity index (χ3n) is 3.05. The van der Waals surface area contributed by atoms with E-state index in [1.807, 2.05) is 6.20 Å². The summed E-state index contributed by atoms with van der Waals surface area (Å²) in [6.45, 7) is 3.44. The molecule has 1 N–H and O–H groups in total. The van der Waals surface area contributed by atoms with Crippen molar-refractivity contribution < 1.29 is 13.9 Å². The molecule has 1 saturated heterocycles. The van der Waals surface area contributed by atoms with Crippen molar-refractivity contribution in [1.82, 2.24) is 10.3 Å². The highest BCUT2D eigenvalue weighted by molar-refractivity contribution is 5.00. The molecule has 1 fully saturated rings. The molecule has 102 valence electrons. The van der Waals surface area contributed by atoms with Crippen LogP contribution in [0.1, 0.15) is 37.0 Å². The fourth-order valence-corrected chi connectivity index (χ4v) is 2.05. The summed E-state index contributed by atoms with van der Waals surface area (Å²) in [7, 11) is 1.71. The maximum atomic E-state index is 5.71. The van der Waals surface area contributed by atoms with Crippen LogP contribution in [-0.4, -0.2) is 38.4 Å². The lowest BCUT2D eigenvalue weighted by Gasteiger charge is -2.04. The Labute approximate surface area is 108 Å². The zero-order valence-electron chi connectivity index (χ0n) is 11.0. The minimum absolute atomic E-state index is 0.131. The van der Waals surface area contributed by atoms with Gasteiger partial charge in [0.1, 0.15) is 6.10 Å². The first-order valence-electron chi connectivity index (χ1n) is 6.66. The Bertz CT molecular complexity index is 335. The molecule has 0 aliphatic carbocycles. The van der Waals surface area contributed by atoms with Crippen LogP contribution in [0.15, 0.2) is 10.6 Å². The summed E-state index contributed by atoms with van der Waals surface area (Å²) in [5.74, 6) is 1.70. The van der Waals surface area contributed by atoms with E-state index in [0.29, 0.717) is 0 Å². The Morgan fingerprint density at radius 3 is 3.22 bits per heavy atom. The third kappa shape index (κ3) is 4.08. The van der Waals surface area contributed by atoms with E-state index in [1.54, 1.807) is 7.11 Å². The van der Waals surface area contributed by atoms with Gasteiger partial charge in [-0.1, -0.05) is 0 Å². The molecule has 1 aromatic rings. The molecule has 0 radical (unpaired) electrons. The largest absolute Gasteiger partial charge is 0.443 e. The standard InChI is InChI=1S/C13H22N2O3/c1-16-9-7-14-6-2-5-13-15-10-12(18-13)11-4-3-8-17-11/h10-11,14H,2-9H2,1H3. The van der Waals surface area contributed by atoms with Crippen LogP contribution < -0.4 is 5.32 Å². The van der Waals surface area contributed by atoms with E-state index >= 15 is 0 Å².